The van der Waals surface area contributed by atoms with Gasteiger partial charge < -0.3 is 14.8 Å². The number of nitrogens with one attached hydrogen (secondary N) is 1. The lowest BCUT2D eigenvalue weighted by atomic mass is 10.1. The van der Waals surface area contributed by atoms with E-state index in [2.05, 4.69) is 15.3 Å². The molecule has 0 spiro atoms. The summed E-state index contributed by atoms with van der Waals surface area (Å²) in [6.07, 6.45) is 1.32. The summed E-state index contributed by atoms with van der Waals surface area (Å²) in [7, 11) is 2.96. The Balaban J connectivity index is 2.29. The molecule has 0 fully saturated rings. The molecule has 0 saturated heterocycles. The van der Waals surface area contributed by atoms with Crippen LogP contribution in [0.1, 0.15) is 11.1 Å². The fourth-order valence-electron chi connectivity index (χ4n) is 1.85. The minimum absolute atomic E-state index is 0.0488. The van der Waals surface area contributed by atoms with Gasteiger partial charge in [-0.05, 0) is 12.1 Å². The van der Waals surface area contributed by atoms with Crippen molar-refractivity contribution in [3.05, 3.63) is 41.5 Å². The van der Waals surface area contributed by atoms with Crippen LogP contribution in [0.3, 0.4) is 0 Å². The van der Waals surface area contributed by atoms with Crippen LogP contribution in [0, 0.1) is 17.1 Å². The first-order valence-electron chi connectivity index (χ1n) is 6.05. The maximum atomic E-state index is 13.5. The van der Waals surface area contributed by atoms with Crippen LogP contribution in [0.25, 0.3) is 0 Å². The summed E-state index contributed by atoms with van der Waals surface area (Å²) in [5, 5.41) is 12.0. The molecule has 1 N–H and O–H groups in total. The number of nitrogens with zero attached hydrogens (tertiary/aromatic N) is 3. The molecule has 1 aromatic heterocycles. The van der Waals surface area contributed by atoms with E-state index < -0.39 is 5.82 Å². The molecule has 0 unspecified atom stereocenters. The van der Waals surface area contributed by atoms with Gasteiger partial charge >= 0.3 is 0 Å². The van der Waals surface area contributed by atoms with E-state index in [1.807, 2.05) is 6.07 Å². The minimum Gasteiger partial charge on any atom is -0.481 e. The standard InChI is InChI=1S/C14H13FN4O2/c1-20-13-10(14(21-2)19-8-18-13)7-17-12-5-3-4-11(15)9(12)6-16/h3-5,8,17H,7H2,1-2H3. The van der Waals surface area contributed by atoms with Crippen LogP contribution in [0.4, 0.5) is 10.1 Å². The van der Waals surface area contributed by atoms with Gasteiger partial charge in [-0.15, -0.1) is 0 Å². The van der Waals surface area contributed by atoms with Crippen molar-refractivity contribution in [3.63, 3.8) is 0 Å². The minimum atomic E-state index is -0.578. The quantitative estimate of drug-likeness (QED) is 0.907. The molecule has 0 atom stereocenters. The van der Waals surface area contributed by atoms with Crippen molar-refractivity contribution in [2.45, 2.75) is 6.54 Å². The zero-order valence-electron chi connectivity index (χ0n) is 11.6. The molecule has 21 heavy (non-hydrogen) atoms. The van der Waals surface area contributed by atoms with E-state index in [4.69, 9.17) is 14.7 Å². The smallest absolute Gasteiger partial charge is 0.225 e. The third-order valence-electron chi connectivity index (χ3n) is 2.83. The van der Waals surface area contributed by atoms with E-state index in [0.717, 1.165) is 0 Å². The van der Waals surface area contributed by atoms with E-state index in [0.29, 0.717) is 23.0 Å². The number of aromatic nitrogens is 2. The number of nitriles is 1. The Morgan fingerprint density at radius 1 is 1.24 bits per heavy atom. The van der Waals surface area contributed by atoms with Gasteiger partial charge in [0.05, 0.1) is 32.0 Å². The second kappa shape index (κ2) is 6.52. The van der Waals surface area contributed by atoms with Gasteiger partial charge in [-0.1, -0.05) is 6.07 Å². The highest BCUT2D eigenvalue weighted by Crippen LogP contribution is 2.25. The SMILES string of the molecule is COc1ncnc(OC)c1CNc1cccc(F)c1C#N. The number of benzene rings is 1. The summed E-state index contributed by atoms with van der Waals surface area (Å²) in [6.45, 7) is 0.227. The molecular weight excluding hydrogens is 275 g/mol. The lowest BCUT2D eigenvalue weighted by molar-refractivity contribution is 0.363. The number of ether oxygens (including phenoxy) is 2. The van der Waals surface area contributed by atoms with Crippen molar-refractivity contribution < 1.29 is 13.9 Å². The Morgan fingerprint density at radius 2 is 1.90 bits per heavy atom. The van der Waals surface area contributed by atoms with Crippen LogP contribution < -0.4 is 14.8 Å². The molecule has 1 heterocycles. The van der Waals surface area contributed by atoms with Gasteiger partial charge in [-0.25, -0.2) is 14.4 Å². The topological polar surface area (TPSA) is 80.1 Å². The van der Waals surface area contributed by atoms with Crippen molar-refractivity contribution in [1.82, 2.24) is 9.97 Å². The normalized spacial score (nSPS) is 9.81. The maximum Gasteiger partial charge on any atom is 0.225 e. The molecule has 0 saturated carbocycles. The van der Waals surface area contributed by atoms with Crippen LogP contribution >= 0.6 is 0 Å². The van der Waals surface area contributed by atoms with Gasteiger partial charge in [0.15, 0.2) is 0 Å². The fraction of sp³-hybridized carbons (Fsp3) is 0.214. The van der Waals surface area contributed by atoms with Crippen LogP contribution in [-0.4, -0.2) is 24.2 Å². The van der Waals surface area contributed by atoms with Crippen LogP contribution in [0.2, 0.25) is 0 Å². The number of methoxy groups -OCH3 is 2. The summed E-state index contributed by atoms with van der Waals surface area (Å²) < 4.78 is 23.8. The van der Waals surface area contributed by atoms with Crippen LogP contribution in [-0.2, 0) is 6.54 Å². The molecule has 2 rings (SSSR count). The number of hydrogen-bond acceptors (Lipinski definition) is 6. The summed E-state index contributed by atoms with van der Waals surface area (Å²) in [5.74, 6) is 0.124. The third kappa shape index (κ3) is 3.00. The Kier molecular flexibility index (Phi) is 4.51. The van der Waals surface area contributed by atoms with Crippen molar-refractivity contribution in [2.24, 2.45) is 0 Å². The number of hydrogen-bond donors (Lipinski definition) is 1. The molecular formula is C14H13FN4O2. The summed E-state index contributed by atoms with van der Waals surface area (Å²) in [5.41, 5.74) is 0.911. The summed E-state index contributed by atoms with van der Waals surface area (Å²) in [6, 6.07) is 6.20. The molecule has 108 valence electrons. The van der Waals surface area contributed by atoms with E-state index in [1.54, 1.807) is 6.07 Å². The molecule has 0 aliphatic rings. The number of halogens is 1. The number of rotatable bonds is 5. The van der Waals surface area contributed by atoms with Crippen LogP contribution in [0.5, 0.6) is 11.8 Å². The van der Waals surface area contributed by atoms with E-state index in [9.17, 15) is 4.39 Å². The number of anilines is 1. The van der Waals surface area contributed by atoms with Gasteiger partial charge in [0, 0.05) is 0 Å². The second-order valence-corrected chi connectivity index (χ2v) is 4.00. The lowest BCUT2D eigenvalue weighted by Gasteiger charge is -2.13. The molecule has 7 heteroatoms. The zero-order valence-corrected chi connectivity index (χ0v) is 11.6. The van der Waals surface area contributed by atoms with Crippen molar-refractivity contribution in [2.75, 3.05) is 19.5 Å². The fourth-order valence-corrected chi connectivity index (χ4v) is 1.85. The summed E-state index contributed by atoms with van der Waals surface area (Å²) >= 11 is 0. The largest absolute Gasteiger partial charge is 0.481 e. The van der Waals surface area contributed by atoms with Gasteiger partial charge in [-0.2, -0.15) is 5.26 Å². The van der Waals surface area contributed by atoms with Gasteiger partial charge in [0.25, 0.3) is 0 Å². The van der Waals surface area contributed by atoms with E-state index in [1.165, 1.54) is 32.7 Å². The predicted octanol–water partition coefficient (Wildman–Crippen LogP) is 2.12. The Hall–Kier alpha value is -2.88. The summed E-state index contributed by atoms with van der Waals surface area (Å²) in [4.78, 5) is 7.97. The molecule has 2 aromatic rings. The van der Waals surface area contributed by atoms with E-state index in [-0.39, 0.29) is 12.1 Å². The monoisotopic (exact) mass is 288 g/mol. The first-order chi connectivity index (χ1) is 10.2. The Labute approximate surface area is 121 Å². The molecule has 0 aliphatic heterocycles. The Bertz CT molecular complexity index is 663. The molecule has 1 aromatic carbocycles. The first-order valence-corrected chi connectivity index (χ1v) is 6.05. The second-order valence-electron chi connectivity index (χ2n) is 4.00. The van der Waals surface area contributed by atoms with Gasteiger partial charge in [-0.3, -0.25) is 0 Å². The Morgan fingerprint density at radius 3 is 2.48 bits per heavy atom. The van der Waals surface area contributed by atoms with Crippen molar-refractivity contribution in [1.29, 1.82) is 5.26 Å². The highest BCUT2D eigenvalue weighted by Gasteiger charge is 2.14. The highest BCUT2D eigenvalue weighted by atomic mass is 19.1. The molecule has 6 nitrogen and oxygen atoms in total. The first kappa shape index (κ1) is 14.5. The van der Waals surface area contributed by atoms with Crippen LogP contribution in [0.15, 0.2) is 24.5 Å². The molecule has 0 amide bonds. The zero-order chi connectivity index (χ0) is 15.2. The van der Waals surface area contributed by atoms with Crippen molar-refractivity contribution in [3.8, 4) is 17.8 Å². The average molecular weight is 288 g/mol. The molecule has 0 aliphatic carbocycles. The van der Waals surface area contributed by atoms with E-state index >= 15 is 0 Å². The molecule has 0 radical (unpaired) electrons. The van der Waals surface area contributed by atoms with Gasteiger partial charge in [0.2, 0.25) is 11.8 Å². The van der Waals surface area contributed by atoms with Crippen molar-refractivity contribution >= 4 is 5.69 Å². The van der Waals surface area contributed by atoms with Gasteiger partial charge in [0.1, 0.15) is 23.8 Å². The predicted molar refractivity (Wildman–Crippen MR) is 73.6 cm³/mol. The average Bonchev–Trinajstić information content (AvgIpc) is 2.52. The lowest BCUT2D eigenvalue weighted by Crippen LogP contribution is -2.08. The third-order valence-corrected chi connectivity index (χ3v) is 2.83. The maximum absolute atomic E-state index is 13.5. The molecule has 0 bridgehead atoms. The highest BCUT2D eigenvalue weighted by molar-refractivity contribution is 5.58.